The first-order chi connectivity index (χ1) is 12.7. The second-order valence-corrected chi connectivity index (χ2v) is 7.92. The quantitative estimate of drug-likeness (QED) is 0.899. The van der Waals surface area contributed by atoms with Crippen molar-refractivity contribution in [3.05, 3.63) is 23.3 Å². The fourth-order valence-electron chi connectivity index (χ4n) is 4.56. The summed E-state index contributed by atoms with van der Waals surface area (Å²) in [5.74, 6) is 1.40. The average Bonchev–Trinajstić information content (AvgIpc) is 2.73. The first-order valence-corrected chi connectivity index (χ1v) is 10.1. The predicted molar refractivity (Wildman–Crippen MR) is 98.5 cm³/mol. The summed E-state index contributed by atoms with van der Waals surface area (Å²) in [4.78, 5) is 24.4. The summed E-state index contributed by atoms with van der Waals surface area (Å²) in [5.41, 5.74) is 2.25. The van der Waals surface area contributed by atoms with Crippen LogP contribution in [-0.2, 0) is 22.5 Å². The molecule has 1 amide bonds. The number of aromatic nitrogens is 2. The third kappa shape index (κ3) is 3.76. The van der Waals surface area contributed by atoms with Crippen LogP contribution in [0.3, 0.4) is 0 Å². The molecule has 2 aliphatic heterocycles. The van der Waals surface area contributed by atoms with Crippen molar-refractivity contribution < 1.29 is 9.53 Å². The molecule has 6 nitrogen and oxygen atoms in total. The van der Waals surface area contributed by atoms with E-state index < -0.39 is 0 Å². The third-order valence-electron chi connectivity index (χ3n) is 6.24. The Balaban J connectivity index is 1.39. The van der Waals surface area contributed by atoms with E-state index in [0.717, 1.165) is 68.7 Å². The summed E-state index contributed by atoms with van der Waals surface area (Å²) in [6, 6.07) is 0.296. The van der Waals surface area contributed by atoms with E-state index in [1.807, 2.05) is 11.1 Å². The molecule has 1 atom stereocenters. The molecular formula is C20H30N4O2. The number of carbonyl (C=O) groups is 1. The SMILES string of the molecule is COC1CCC(C(=O)N2CCc3nc([C@H]4CCCCN4)ncc3C2)CC1. The molecular weight excluding hydrogens is 328 g/mol. The Labute approximate surface area is 155 Å². The Kier molecular flexibility index (Phi) is 5.50. The van der Waals surface area contributed by atoms with Crippen LogP contribution < -0.4 is 5.32 Å². The molecule has 0 radical (unpaired) electrons. The summed E-state index contributed by atoms with van der Waals surface area (Å²) in [7, 11) is 1.77. The zero-order valence-electron chi connectivity index (χ0n) is 15.7. The van der Waals surface area contributed by atoms with Crippen LogP contribution in [0.5, 0.6) is 0 Å². The van der Waals surface area contributed by atoms with Gasteiger partial charge in [-0.3, -0.25) is 4.79 Å². The maximum atomic E-state index is 12.9. The van der Waals surface area contributed by atoms with Crippen molar-refractivity contribution in [3.63, 3.8) is 0 Å². The van der Waals surface area contributed by atoms with Gasteiger partial charge in [-0.25, -0.2) is 9.97 Å². The van der Waals surface area contributed by atoms with Crippen LogP contribution in [0.1, 0.15) is 68.1 Å². The lowest BCUT2D eigenvalue weighted by molar-refractivity contribution is -0.138. The summed E-state index contributed by atoms with van der Waals surface area (Å²) in [5, 5.41) is 3.52. The first-order valence-electron chi connectivity index (χ1n) is 10.1. The van der Waals surface area contributed by atoms with Crippen molar-refractivity contribution >= 4 is 5.91 Å². The maximum absolute atomic E-state index is 12.9. The number of ether oxygens (including phenoxy) is 1. The smallest absolute Gasteiger partial charge is 0.225 e. The maximum Gasteiger partial charge on any atom is 0.225 e. The van der Waals surface area contributed by atoms with E-state index in [1.54, 1.807) is 7.11 Å². The van der Waals surface area contributed by atoms with Gasteiger partial charge in [-0.15, -0.1) is 0 Å². The van der Waals surface area contributed by atoms with Gasteiger partial charge in [0.2, 0.25) is 5.91 Å². The number of nitrogens with one attached hydrogen (secondary N) is 1. The van der Waals surface area contributed by atoms with E-state index >= 15 is 0 Å². The van der Waals surface area contributed by atoms with Crippen molar-refractivity contribution in [1.82, 2.24) is 20.2 Å². The van der Waals surface area contributed by atoms with Crippen LogP contribution in [0.4, 0.5) is 0 Å². The zero-order chi connectivity index (χ0) is 17.9. The zero-order valence-corrected chi connectivity index (χ0v) is 15.7. The number of hydrogen-bond donors (Lipinski definition) is 1. The minimum absolute atomic E-state index is 0.162. The van der Waals surface area contributed by atoms with Gasteiger partial charge in [0, 0.05) is 44.3 Å². The molecule has 3 aliphatic rings. The lowest BCUT2D eigenvalue weighted by atomic mass is 9.86. The van der Waals surface area contributed by atoms with Crippen molar-refractivity contribution in [2.45, 2.75) is 70.1 Å². The monoisotopic (exact) mass is 358 g/mol. The highest BCUT2D eigenvalue weighted by molar-refractivity contribution is 5.79. The van der Waals surface area contributed by atoms with Gasteiger partial charge < -0.3 is 15.0 Å². The van der Waals surface area contributed by atoms with E-state index in [9.17, 15) is 4.79 Å². The van der Waals surface area contributed by atoms with E-state index in [4.69, 9.17) is 9.72 Å². The van der Waals surface area contributed by atoms with Gasteiger partial charge in [-0.1, -0.05) is 6.42 Å². The van der Waals surface area contributed by atoms with Gasteiger partial charge >= 0.3 is 0 Å². The van der Waals surface area contributed by atoms with Crippen molar-refractivity contribution in [3.8, 4) is 0 Å². The lowest BCUT2D eigenvalue weighted by Crippen LogP contribution is -2.42. The minimum atomic E-state index is 0.162. The van der Waals surface area contributed by atoms with Gasteiger partial charge in [0.25, 0.3) is 0 Å². The molecule has 1 aromatic rings. The van der Waals surface area contributed by atoms with Crippen molar-refractivity contribution in [1.29, 1.82) is 0 Å². The topological polar surface area (TPSA) is 67.3 Å². The van der Waals surface area contributed by atoms with Crippen LogP contribution in [0.25, 0.3) is 0 Å². The number of piperidine rings is 1. The van der Waals surface area contributed by atoms with Gasteiger partial charge in [-0.05, 0) is 45.1 Å². The van der Waals surface area contributed by atoms with Crippen LogP contribution in [0.2, 0.25) is 0 Å². The molecule has 0 spiro atoms. The molecule has 0 unspecified atom stereocenters. The number of fused-ring (bicyclic) bond motifs is 1. The Morgan fingerprint density at radius 2 is 2.08 bits per heavy atom. The van der Waals surface area contributed by atoms with E-state index in [0.29, 0.717) is 24.6 Å². The summed E-state index contributed by atoms with van der Waals surface area (Å²) < 4.78 is 5.43. The second kappa shape index (κ2) is 8.01. The number of amides is 1. The van der Waals surface area contributed by atoms with Gasteiger partial charge in [-0.2, -0.15) is 0 Å². The van der Waals surface area contributed by atoms with E-state index in [2.05, 4.69) is 10.3 Å². The van der Waals surface area contributed by atoms with Crippen LogP contribution in [-0.4, -0.2) is 47.1 Å². The van der Waals surface area contributed by atoms with E-state index in [-0.39, 0.29) is 5.92 Å². The summed E-state index contributed by atoms with van der Waals surface area (Å²) >= 11 is 0. The molecule has 1 N–H and O–H groups in total. The van der Waals surface area contributed by atoms with Crippen molar-refractivity contribution in [2.75, 3.05) is 20.2 Å². The normalized spacial score (nSPS) is 29.3. The fourth-order valence-corrected chi connectivity index (χ4v) is 4.56. The molecule has 3 heterocycles. The number of nitrogens with zero attached hydrogens (tertiary/aromatic N) is 3. The molecule has 1 saturated heterocycles. The number of rotatable bonds is 3. The second-order valence-electron chi connectivity index (χ2n) is 7.92. The molecule has 0 bridgehead atoms. The highest BCUT2D eigenvalue weighted by atomic mass is 16.5. The molecule has 1 aliphatic carbocycles. The Bertz CT molecular complexity index is 637. The summed E-state index contributed by atoms with van der Waals surface area (Å²) in [6.45, 7) is 2.50. The Morgan fingerprint density at radius 3 is 2.81 bits per heavy atom. The number of methoxy groups -OCH3 is 1. The van der Waals surface area contributed by atoms with Crippen LogP contribution in [0.15, 0.2) is 6.20 Å². The van der Waals surface area contributed by atoms with Gasteiger partial charge in [0.15, 0.2) is 0 Å². The Hall–Kier alpha value is -1.53. The third-order valence-corrected chi connectivity index (χ3v) is 6.24. The molecule has 142 valence electrons. The number of hydrogen-bond acceptors (Lipinski definition) is 5. The van der Waals surface area contributed by atoms with Gasteiger partial charge in [0.1, 0.15) is 5.82 Å². The molecule has 1 aromatic heterocycles. The first kappa shape index (κ1) is 17.9. The molecule has 1 saturated carbocycles. The highest BCUT2D eigenvalue weighted by Crippen LogP contribution is 2.29. The Morgan fingerprint density at radius 1 is 1.23 bits per heavy atom. The minimum Gasteiger partial charge on any atom is -0.381 e. The van der Waals surface area contributed by atoms with Crippen LogP contribution >= 0.6 is 0 Å². The van der Waals surface area contributed by atoms with Crippen molar-refractivity contribution in [2.24, 2.45) is 5.92 Å². The molecule has 4 rings (SSSR count). The predicted octanol–water partition coefficient (Wildman–Crippen LogP) is 2.38. The highest BCUT2D eigenvalue weighted by Gasteiger charge is 2.31. The molecule has 6 heteroatoms. The molecule has 0 aromatic carbocycles. The lowest BCUT2D eigenvalue weighted by Gasteiger charge is -2.34. The molecule has 26 heavy (non-hydrogen) atoms. The van der Waals surface area contributed by atoms with Gasteiger partial charge in [0.05, 0.1) is 17.8 Å². The van der Waals surface area contributed by atoms with E-state index in [1.165, 1.54) is 12.8 Å². The average molecular weight is 358 g/mol. The summed E-state index contributed by atoms with van der Waals surface area (Å²) in [6.07, 6.45) is 10.6. The fraction of sp³-hybridized carbons (Fsp3) is 0.750. The number of carbonyl (C=O) groups excluding carboxylic acids is 1. The molecule has 2 fully saturated rings. The largest absolute Gasteiger partial charge is 0.381 e. The standard InChI is InChI=1S/C20H30N4O2/c1-26-16-7-5-14(6-8-16)20(25)24-11-9-17-15(13-24)12-22-19(23-17)18-4-2-3-10-21-18/h12,14,16,18,21H,2-11,13H2,1H3/t14?,16?,18-/m1/s1. The van der Waals surface area contributed by atoms with Crippen LogP contribution in [0, 0.1) is 5.92 Å².